The zero-order chi connectivity index (χ0) is 20.3. The van der Waals surface area contributed by atoms with Gasteiger partial charge in [-0.1, -0.05) is 11.6 Å². The lowest BCUT2D eigenvalue weighted by molar-refractivity contribution is -0.385. The minimum atomic E-state index is -0.570. The predicted octanol–water partition coefficient (Wildman–Crippen LogP) is 3.12. The van der Waals surface area contributed by atoms with E-state index >= 15 is 0 Å². The van der Waals surface area contributed by atoms with Gasteiger partial charge in [-0.15, -0.1) is 0 Å². The number of fused-ring (bicyclic) bond motifs is 1. The Bertz CT molecular complexity index is 953. The van der Waals surface area contributed by atoms with Gasteiger partial charge in [-0.25, -0.2) is 5.43 Å². The van der Waals surface area contributed by atoms with E-state index in [1.807, 2.05) is 13.8 Å². The third-order valence-corrected chi connectivity index (χ3v) is 4.49. The number of rotatable bonds is 6. The summed E-state index contributed by atoms with van der Waals surface area (Å²) in [5.41, 5.74) is 3.89. The summed E-state index contributed by atoms with van der Waals surface area (Å²) in [4.78, 5) is 22.5. The highest BCUT2D eigenvalue weighted by Crippen LogP contribution is 2.37. The second-order valence-corrected chi connectivity index (χ2v) is 6.35. The standard InChI is InChI=1S/C18H16ClN3O6/c1-10-3-13(4-11(2)18(10)19)26-8-17(23)21-20-7-12-5-15-16(28-9-27-15)6-14(12)22(24)25/h3-7H,8-9H2,1-2H3,(H,21,23)/b20-7+. The monoisotopic (exact) mass is 405 g/mol. The molecule has 146 valence electrons. The zero-order valence-corrected chi connectivity index (χ0v) is 15.8. The third kappa shape index (κ3) is 4.32. The lowest BCUT2D eigenvalue weighted by Crippen LogP contribution is -2.24. The first-order valence-electron chi connectivity index (χ1n) is 8.14. The van der Waals surface area contributed by atoms with Gasteiger partial charge >= 0.3 is 0 Å². The molecule has 0 fully saturated rings. The zero-order valence-electron chi connectivity index (χ0n) is 15.0. The number of nitrogens with one attached hydrogen (secondary N) is 1. The van der Waals surface area contributed by atoms with Crippen molar-refractivity contribution < 1.29 is 23.9 Å². The molecule has 1 amide bonds. The van der Waals surface area contributed by atoms with Gasteiger partial charge in [-0.05, 0) is 43.2 Å². The molecular weight excluding hydrogens is 390 g/mol. The summed E-state index contributed by atoms with van der Waals surface area (Å²) in [6.07, 6.45) is 1.16. The maximum atomic E-state index is 11.9. The van der Waals surface area contributed by atoms with Crippen molar-refractivity contribution in [2.45, 2.75) is 13.8 Å². The van der Waals surface area contributed by atoms with Crippen molar-refractivity contribution in [1.29, 1.82) is 0 Å². The van der Waals surface area contributed by atoms with E-state index in [0.717, 1.165) is 17.3 Å². The number of ether oxygens (including phenoxy) is 3. The van der Waals surface area contributed by atoms with Crippen LogP contribution in [-0.4, -0.2) is 30.4 Å². The number of amides is 1. The van der Waals surface area contributed by atoms with Crippen molar-refractivity contribution in [3.8, 4) is 17.2 Å². The molecule has 2 aromatic rings. The molecule has 9 nitrogen and oxygen atoms in total. The molecule has 1 heterocycles. The van der Waals surface area contributed by atoms with E-state index in [1.54, 1.807) is 12.1 Å². The van der Waals surface area contributed by atoms with E-state index in [0.29, 0.717) is 16.5 Å². The van der Waals surface area contributed by atoms with Gasteiger partial charge in [0.2, 0.25) is 6.79 Å². The lowest BCUT2D eigenvalue weighted by Gasteiger charge is -2.09. The number of halogens is 1. The average molecular weight is 406 g/mol. The molecule has 10 heteroatoms. The largest absolute Gasteiger partial charge is 0.484 e. The summed E-state index contributed by atoms with van der Waals surface area (Å²) in [5.74, 6) is 0.639. The fraction of sp³-hybridized carbons (Fsp3) is 0.222. The molecule has 0 spiro atoms. The SMILES string of the molecule is Cc1cc(OCC(=O)N/N=C/c2cc3c(cc2[N+](=O)[O-])OCO3)cc(C)c1Cl. The molecule has 0 saturated heterocycles. The highest BCUT2D eigenvalue weighted by molar-refractivity contribution is 6.32. The number of hydrazone groups is 1. The molecule has 1 aliphatic heterocycles. The first kappa shape index (κ1) is 19.4. The summed E-state index contributed by atoms with van der Waals surface area (Å²) < 4.78 is 15.7. The van der Waals surface area contributed by atoms with Gasteiger partial charge in [0.1, 0.15) is 5.75 Å². The number of aryl methyl sites for hydroxylation is 2. The van der Waals surface area contributed by atoms with Crippen molar-refractivity contribution in [2.75, 3.05) is 13.4 Å². The number of hydrogen-bond acceptors (Lipinski definition) is 7. The molecule has 1 aliphatic rings. The van der Waals surface area contributed by atoms with E-state index in [9.17, 15) is 14.9 Å². The number of carbonyl (C=O) groups excluding carboxylic acids is 1. The summed E-state index contributed by atoms with van der Waals surface area (Å²) in [6, 6.07) is 6.12. The molecule has 28 heavy (non-hydrogen) atoms. The summed E-state index contributed by atoms with van der Waals surface area (Å²) >= 11 is 6.09. The molecule has 2 aromatic carbocycles. The van der Waals surface area contributed by atoms with Crippen LogP contribution in [0.3, 0.4) is 0 Å². The Labute approximate surface area is 165 Å². The maximum Gasteiger partial charge on any atom is 0.282 e. The number of nitro benzene ring substituents is 1. The minimum Gasteiger partial charge on any atom is -0.484 e. The highest BCUT2D eigenvalue weighted by atomic mass is 35.5. The third-order valence-electron chi connectivity index (χ3n) is 3.89. The number of benzene rings is 2. The number of nitrogens with zero attached hydrogens (tertiary/aromatic N) is 2. The summed E-state index contributed by atoms with van der Waals surface area (Å²) in [7, 11) is 0. The summed E-state index contributed by atoms with van der Waals surface area (Å²) in [5, 5.41) is 15.6. The average Bonchev–Trinajstić information content (AvgIpc) is 3.11. The van der Waals surface area contributed by atoms with Crippen molar-refractivity contribution in [3.63, 3.8) is 0 Å². The van der Waals surface area contributed by atoms with Crippen molar-refractivity contribution >= 4 is 29.4 Å². The number of hydrogen-bond donors (Lipinski definition) is 1. The van der Waals surface area contributed by atoms with E-state index in [-0.39, 0.29) is 30.4 Å². The predicted molar refractivity (Wildman–Crippen MR) is 101 cm³/mol. The Morgan fingerprint density at radius 1 is 1.29 bits per heavy atom. The molecule has 0 atom stereocenters. The quantitative estimate of drug-likeness (QED) is 0.449. The van der Waals surface area contributed by atoms with Crippen LogP contribution in [0.4, 0.5) is 5.69 Å². The Hall–Kier alpha value is -3.33. The van der Waals surface area contributed by atoms with Gasteiger partial charge in [0.25, 0.3) is 11.6 Å². The van der Waals surface area contributed by atoms with E-state index in [2.05, 4.69) is 10.5 Å². The van der Waals surface area contributed by atoms with Gasteiger partial charge in [0, 0.05) is 5.02 Å². The van der Waals surface area contributed by atoms with Crippen molar-refractivity contribution in [1.82, 2.24) is 5.43 Å². The molecule has 0 aliphatic carbocycles. The second kappa shape index (κ2) is 8.13. The van der Waals surface area contributed by atoms with E-state index < -0.39 is 10.8 Å². The highest BCUT2D eigenvalue weighted by Gasteiger charge is 2.22. The normalized spacial score (nSPS) is 12.2. The van der Waals surface area contributed by atoms with Gasteiger partial charge in [0.05, 0.1) is 22.8 Å². The molecule has 0 radical (unpaired) electrons. The topological polar surface area (TPSA) is 112 Å². The van der Waals surface area contributed by atoms with Crippen LogP contribution in [0.25, 0.3) is 0 Å². The van der Waals surface area contributed by atoms with Crippen molar-refractivity contribution in [2.24, 2.45) is 5.10 Å². The van der Waals surface area contributed by atoms with Crippen LogP contribution >= 0.6 is 11.6 Å². The molecule has 0 saturated carbocycles. The van der Waals surface area contributed by atoms with Gasteiger partial charge in [0.15, 0.2) is 18.1 Å². The van der Waals surface area contributed by atoms with Crippen molar-refractivity contribution in [3.05, 3.63) is 56.1 Å². The lowest BCUT2D eigenvalue weighted by atomic mass is 10.1. The Morgan fingerprint density at radius 3 is 2.57 bits per heavy atom. The number of carbonyl (C=O) groups is 1. The van der Waals surface area contributed by atoms with Crippen LogP contribution in [0.15, 0.2) is 29.4 Å². The Balaban J connectivity index is 1.62. The summed E-state index contributed by atoms with van der Waals surface area (Å²) in [6.45, 7) is 3.39. The Kier molecular flexibility index (Phi) is 5.65. The first-order chi connectivity index (χ1) is 13.3. The number of nitro groups is 1. The maximum absolute atomic E-state index is 11.9. The van der Waals surface area contributed by atoms with Crippen LogP contribution in [0.2, 0.25) is 5.02 Å². The molecule has 0 unspecified atom stereocenters. The van der Waals surface area contributed by atoms with Crippen LogP contribution < -0.4 is 19.6 Å². The molecule has 1 N–H and O–H groups in total. The van der Waals surface area contributed by atoms with Crippen LogP contribution in [0, 0.1) is 24.0 Å². The van der Waals surface area contributed by atoms with E-state index in [1.165, 1.54) is 12.1 Å². The molecule has 3 rings (SSSR count). The fourth-order valence-corrected chi connectivity index (χ4v) is 2.66. The molecule has 0 bridgehead atoms. The van der Waals surface area contributed by atoms with Crippen LogP contribution in [0.1, 0.15) is 16.7 Å². The smallest absolute Gasteiger partial charge is 0.282 e. The second-order valence-electron chi connectivity index (χ2n) is 5.97. The van der Waals surface area contributed by atoms with Crippen LogP contribution in [-0.2, 0) is 4.79 Å². The van der Waals surface area contributed by atoms with Crippen LogP contribution in [0.5, 0.6) is 17.2 Å². The van der Waals surface area contributed by atoms with Gasteiger partial charge < -0.3 is 14.2 Å². The first-order valence-corrected chi connectivity index (χ1v) is 8.52. The van der Waals surface area contributed by atoms with Gasteiger partial charge in [-0.2, -0.15) is 5.10 Å². The Morgan fingerprint density at radius 2 is 1.93 bits per heavy atom. The molecule has 0 aromatic heterocycles. The fourth-order valence-electron chi connectivity index (χ4n) is 2.55. The minimum absolute atomic E-state index is 0.00912. The van der Waals surface area contributed by atoms with E-state index in [4.69, 9.17) is 25.8 Å². The molecular formula is C18H16ClN3O6. The van der Waals surface area contributed by atoms with Gasteiger partial charge in [-0.3, -0.25) is 14.9 Å².